The van der Waals surface area contributed by atoms with Gasteiger partial charge in [0.2, 0.25) is 0 Å². The van der Waals surface area contributed by atoms with Crippen molar-refractivity contribution in [1.82, 2.24) is 4.98 Å². The Morgan fingerprint density at radius 3 is 2.62 bits per heavy atom. The maximum atomic E-state index is 14.5. The summed E-state index contributed by atoms with van der Waals surface area (Å²) in [6.07, 6.45) is 4.52. The van der Waals surface area contributed by atoms with Gasteiger partial charge in [0.05, 0.1) is 19.8 Å². The van der Waals surface area contributed by atoms with Crippen LogP contribution >= 0.6 is 0 Å². The minimum atomic E-state index is -0.779. The number of hydrogen-bond acceptors (Lipinski definition) is 5. The molecule has 2 aromatic rings. The van der Waals surface area contributed by atoms with E-state index >= 15 is 0 Å². The second-order valence-electron chi connectivity index (χ2n) is 7.75. The van der Waals surface area contributed by atoms with Crippen molar-refractivity contribution in [3.8, 4) is 0 Å². The minimum absolute atomic E-state index is 0.00000496. The average Bonchev–Trinajstić information content (AvgIpc) is 3.16. The highest BCUT2D eigenvalue weighted by atomic mass is 19.1. The SMILES string of the molecule is CCCCOC(=O)c1cc(C2CCC3(CC2)OCCO3)c2cc(F)cc(F)c2n1. The predicted octanol–water partition coefficient (Wildman–Crippen LogP) is 4.87. The third kappa shape index (κ3) is 4.12. The zero-order valence-corrected chi connectivity index (χ0v) is 16.5. The first-order chi connectivity index (χ1) is 14.0. The standard InChI is InChI=1S/C22H25F2NO4/c1-2-3-8-27-21(26)19-13-16(17-11-15(23)12-18(24)20(17)25-19)14-4-6-22(7-5-14)28-9-10-29-22/h11-14H,2-10H2,1H3. The molecule has 1 aliphatic carbocycles. The molecule has 1 aromatic heterocycles. The van der Waals surface area contributed by atoms with Crippen LogP contribution in [-0.4, -0.2) is 36.6 Å². The molecule has 0 N–H and O–H groups in total. The summed E-state index contributed by atoms with van der Waals surface area (Å²) in [4.78, 5) is 16.6. The van der Waals surface area contributed by atoms with Gasteiger partial charge in [-0.25, -0.2) is 18.6 Å². The van der Waals surface area contributed by atoms with E-state index in [1.807, 2.05) is 6.92 Å². The number of fused-ring (bicyclic) bond motifs is 1. The van der Waals surface area contributed by atoms with Crippen LogP contribution in [0.5, 0.6) is 0 Å². The van der Waals surface area contributed by atoms with E-state index in [-0.39, 0.29) is 23.7 Å². The monoisotopic (exact) mass is 405 g/mol. The molecule has 156 valence electrons. The number of carbonyl (C=O) groups is 1. The van der Waals surface area contributed by atoms with Crippen LogP contribution in [0.4, 0.5) is 8.78 Å². The number of esters is 1. The summed E-state index contributed by atoms with van der Waals surface area (Å²) in [5.74, 6) is -2.52. The Kier molecular flexibility index (Phi) is 5.79. The fraction of sp³-hybridized carbons (Fsp3) is 0.545. The number of nitrogens with zero attached hydrogens (tertiary/aromatic N) is 1. The highest BCUT2D eigenvalue weighted by molar-refractivity contribution is 5.93. The molecule has 0 amide bonds. The first-order valence-corrected chi connectivity index (χ1v) is 10.3. The van der Waals surface area contributed by atoms with Crippen LogP contribution in [0.25, 0.3) is 10.9 Å². The number of rotatable bonds is 5. The van der Waals surface area contributed by atoms with Gasteiger partial charge in [-0.05, 0) is 42.9 Å². The van der Waals surface area contributed by atoms with Crippen molar-refractivity contribution in [2.75, 3.05) is 19.8 Å². The number of unbranched alkanes of at least 4 members (excludes halogenated alkanes) is 1. The first kappa shape index (κ1) is 20.2. The molecule has 2 aliphatic rings. The zero-order chi connectivity index (χ0) is 20.4. The Bertz CT molecular complexity index is 901. The number of halogens is 2. The van der Waals surface area contributed by atoms with Crippen LogP contribution in [0.1, 0.15) is 67.4 Å². The van der Waals surface area contributed by atoms with E-state index in [1.54, 1.807) is 6.07 Å². The fourth-order valence-corrected chi connectivity index (χ4v) is 4.26. The molecule has 0 atom stereocenters. The normalized spacial score (nSPS) is 19.1. The molecule has 1 aromatic carbocycles. The number of pyridine rings is 1. The van der Waals surface area contributed by atoms with Gasteiger partial charge in [0, 0.05) is 24.3 Å². The Morgan fingerprint density at radius 2 is 1.93 bits per heavy atom. The zero-order valence-electron chi connectivity index (χ0n) is 16.5. The molecule has 1 saturated heterocycles. The van der Waals surface area contributed by atoms with Crippen molar-refractivity contribution in [3.63, 3.8) is 0 Å². The van der Waals surface area contributed by atoms with Crippen LogP contribution in [0.3, 0.4) is 0 Å². The van der Waals surface area contributed by atoms with Crippen molar-refractivity contribution < 1.29 is 27.8 Å². The van der Waals surface area contributed by atoms with Crippen LogP contribution in [0.2, 0.25) is 0 Å². The number of carbonyl (C=O) groups excluding carboxylic acids is 1. The molecule has 1 aliphatic heterocycles. The lowest BCUT2D eigenvalue weighted by Crippen LogP contribution is -2.34. The van der Waals surface area contributed by atoms with E-state index in [9.17, 15) is 13.6 Å². The second-order valence-corrected chi connectivity index (χ2v) is 7.75. The van der Waals surface area contributed by atoms with E-state index < -0.39 is 23.4 Å². The highest BCUT2D eigenvalue weighted by Gasteiger charge is 2.41. The van der Waals surface area contributed by atoms with Crippen LogP contribution in [0, 0.1) is 11.6 Å². The Hall–Kier alpha value is -2.12. The fourth-order valence-electron chi connectivity index (χ4n) is 4.26. The summed E-state index contributed by atoms with van der Waals surface area (Å²) < 4.78 is 45.3. The molecule has 0 bridgehead atoms. The Labute approximate surface area is 168 Å². The van der Waals surface area contributed by atoms with Gasteiger partial charge < -0.3 is 14.2 Å². The summed E-state index contributed by atoms with van der Waals surface area (Å²) in [6, 6.07) is 3.72. The second kappa shape index (κ2) is 8.32. The van der Waals surface area contributed by atoms with E-state index in [0.717, 1.165) is 37.3 Å². The van der Waals surface area contributed by atoms with E-state index in [0.29, 0.717) is 31.4 Å². The van der Waals surface area contributed by atoms with Gasteiger partial charge in [-0.1, -0.05) is 13.3 Å². The summed E-state index contributed by atoms with van der Waals surface area (Å²) >= 11 is 0. The summed E-state index contributed by atoms with van der Waals surface area (Å²) in [6.45, 7) is 3.47. The molecule has 2 heterocycles. The molecule has 2 fully saturated rings. The summed E-state index contributed by atoms with van der Waals surface area (Å²) in [5, 5.41) is 0.404. The van der Waals surface area contributed by atoms with Gasteiger partial charge in [-0.15, -0.1) is 0 Å². The van der Waals surface area contributed by atoms with Crippen molar-refractivity contribution >= 4 is 16.9 Å². The minimum Gasteiger partial charge on any atom is -0.461 e. The highest BCUT2D eigenvalue weighted by Crippen LogP contribution is 2.44. The van der Waals surface area contributed by atoms with Crippen LogP contribution in [-0.2, 0) is 14.2 Å². The molecule has 1 saturated carbocycles. The average molecular weight is 405 g/mol. The largest absolute Gasteiger partial charge is 0.461 e. The molecule has 29 heavy (non-hydrogen) atoms. The maximum Gasteiger partial charge on any atom is 0.356 e. The molecule has 7 heteroatoms. The predicted molar refractivity (Wildman–Crippen MR) is 103 cm³/mol. The lowest BCUT2D eigenvalue weighted by Gasteiger charge is -2.35. The number of ether oxygens (including phenoxy) is 3. The first-order valence-electron chi connectivity index (χ1n) is 10.3. The third-order valence-corrected chi connectivity index (χ3v) is 5.80. The molecule has 0 radical (unpaired) electrons. The van der Waals surface area contributed by atoms with Crippen LogP contribution < -0.4 is 0 Å². The van der Waals surface area contributed by atoms with Gasteiger partial charge in [-0.2, -0.15) is 0 Å². The summed E-state index contributed by atoms with van der Waals surface area (Å²) in [5.41, 5.74) is 0.784. The Balaban J connectivity index is 1.68. The van der Waals surface area contributed by atoms with Crippen molar-refractivity contribution in [1.29, 1.82) is 0 Å². The molecular formula is C22H25F2NO4. The molecule has 0 unspecified atom stereocenters. The number of hydrogen-bond donors (Lipinski definition) is 0. The van der Waals surface area contributed by atoms with Gasteiger partial charge >= 0.3 is 5.97 Å². The molecule has 4 rings (SSSR count). The Morgan fingerprint density at radius 1 is 1.21 bits per heavy atom. The van der Waals surface area contributed by atoms with Gasteiger partial charge in [0.15, 0.2) is 11.6 Å². The lowest BCUT2D eigenvalue weighted by atomic mass is 9.79. The van der Waals surface area contributed by atoms with Crippen molar-refractivity contribution in [2.24, 2.45) is 0 Å². The third-order valence-electron chi connectivity index (χ3n) is 5.80. The van der Waals surface area contributed by atoms with Gasteiger partial charge in [-0.3, -0.25) is 0 Å². The van der Waals surface area contributed by atoms with Crippen LogP contribution in [0.15, 0.2) is 18.2 Å². The molecule has 5 nitrogen and oxygen atoms in total. The smallest absolute Gasteiger partial charge is 0.356 e. The molecule has 1 spiro atoms. The van der Waals surface area contributed by atoms with E-state index in [1.165, 1.54) is 6.07 Å². The van der Waals surface area contributed by atoms with Crippen molar-refractivity contribution in [3.05, 3.63) is 41.1 Å². The van der Waals surface area contributed by atoms with E-state index in [4.69, 9.17) is 14.2 Å². The van der Waals surface area contributed by atoms with Crippen molar-refractivity contribution in [2.45, 2.75) is 57.2 Å². The van der Waals surface area contributed by atoms with Gasteiger partial charge in [0.1, 0.15) is 17.0 Å². The number of aromatic nitrogens is 1. The number of benzene rings is 1. The lowest BCUT2D eigenvalue weighted by molar-refractivity contribution is -0.178. The topological polar surface area (TPSA) is 57.7 Å². The summed E-state index contributed by atoms with van der Waals surface area (Å²) in [7, 11) is 0. The van der Waals surface area contributed by atoms with E-state index in [2.05, 4.69) is 4.98 Å². The van der Waals surface area contributed by atoms with Gasteiger partial charge in [0.25, 0.3) is 0 Å². The maximum absolute atomic E-state index is 14.5. The quantitative estimate of drug-likeness (QED) is 0.525. The molecular weight excluding hydrogens is 380 g/mol.